The van der Waals surface area contributed by atoms with Gasteiger partial charge in [0.2, 0.25) is 5.90 Å². The van der Waals surface area contributed by atoms with Crippen molar-refractivity contribution in [2.45, 2.75) is 19.3 Å². The third-order valence-corrected chi connectivity index (χ3v) is 3.78. The Morgan fingerprint density at radius 1 is 1.43 bits per heavy atom. The first-order chi connectivity index (χ1) is 11.1. The number of nitrogens with one attached hydrogen (secondary N) is 1. The quantitative estimate of drug-likeness (QED) is 0.863. The van der Waals surface area contributed by atoms with Crippen LogP contribution in [-0.4, -0.2) is 26.1 Å². The first kappa shape index (κ1) is 16.6. The lowest BCUT2D eigenvalue weighted by Gasteiger charge is -2.31. The van der Waals surface area contributed by atoms with Crippen molar-refractivity contribution in [3.63, 3.8) is 0 Å². The summed E-state index contributed by atoms with van der Waals surface area (Å²) in [6.07, 6.45) is 0.422. The molecule has 2 unspecified atom stereocenters. The standard InChI is InChI=1S/C17H18N2O4/c1-4-13-15(17(20)22-3)14(12(9-18)16(19)23-13)10-6-5-7-11(8-10)21-2/h5-8,12,14,19H,4H2,1-3H3. The molecule has 0 aromatic heterocycles. The largest absolute Gasteiger partial charge is 0.497 e. The third-order valence-electron chi connectivity index (χ3n) is 3.78. The summed E-state index contributed by atoms with van der Waals surface area (Å²) in [7, 11) is 2.83. The molecule has 6 nitrogen and oxygen atoms in total. The lowest BCUT2D eigenvalue weighted by Crippen LogP contribution is -2.33. The van der Waals surface area contributed by atoms with E-state index in [0.29, 0.717) is 23.5 Å². The molecule has 23 heavy (non-hydrogen) atoms. The molecule has 6 heteroatoms. The molecule has 1 aliphatic rings. The fourth-order valence-electron chi connectivity index (χ4n) is 2.68. The van der Waals surface area contributed by atoms with Gasteiger partial charge in [0.15, 0.2) is 0 Å². The van der Waals surface area contributed by atoms with Crippen LogP contribution in [0.15, 0.2) is 35.6 Å². The van der Waals surface area contributed by atoms with Crippen LogP contribution in [0, 0.1) is 22.7 Å². The molecule has 2 atom stereocenters. The average Bonchev–Trinajstić information content (AvgIpc) is 2.59. The van der Waals surface area contributed by atoms with E-state index < -0.39 is 17.8 Å². The zero-order valence-electron chi connectivity index (χ0n) is 13.3. The van der Waals surface area contributed by atoms with Crippen molar-refractivity contribution in [2.24, 2.45) is 5.92 Å². The molecule has 1 aromatic carbocycles. The van der Waals surface area contributed by atoms with Crippen LogP contribution in [0.5, 0.6) is 5.75 Å². The van der Waals surface area contributed by atoms with Crippen LogP contribution in [0.1, 0.15) is 24.8 Å². The summed E-state index contributed by atoms with van der Waals surface area (Å²) >= 11 is 0. The number of benzene rings is 1. The van der Waals surface area contributed by atoms with Crippen LogP contribution in [0.2, 0.25) is 0 Å². The number of ether oxygens (including phenoxy) is 3. The minimum Gasteiger partial charge on any atom is -0.497 e. The van der Waals surface area contributed by atoms with Gasteiger partial charge in [-0.05, 0) is 17.7 Å². The Morgan fingerprint density at radius 3 is 2.74 bits per heavy atom. The molecule has 1 heterocycles. The number of methoxy groups -OCH3 is 2. The zero-order chi connectivity index (χ0) is 17.0. The van der Waals surface area contributed by atoms with E-state index in [9.17, 15) is 10.1 Å². The van der Waals surface area contributed by atoms with E-state index in [2.05, 4.69) is 6.07 Å². The molecule has 0 amide bonds. The van der Waals surface area contributed by atoms with E-state index in [1.807, 2.05) is 6.92 Å². The van der Waals surface area contributed by atoms with Crippen LogP contribution >= 0.6 is 0 Å². The third kappa shape index (κ3) is 3.04. The zero-order valence-corrected chi connectivity index (χ0v) is 13.3. The molecule has 120 valence electrons. The van der Waals surface area contributed by atoms with Crippen molar-refractivity contribution in [1.29, 1.82) is 10.7 Å². The summed E-state index contributed by atoms with van der Waals surface area (Å²) < 4.78 is 15.5. The molecule has 0 fully saturated rings. The van der Waals surface area contributed by atoms with Gasteiger partial charge in [0, 0.05) is 12.3 Å². The van der Waals surface area contributed by atoms with Crippen LogP contribution < -0.4 is 4.74 Å². The topological polar surface area (TPSA) is 92.4 Å². The smallest absolute Gasteiger partial charge is 0.337 e. The van der Waals surface area contributed by atoms with Gasteiger partial charge >= 0.3 is 5.97 Å². The molecule has 2 rings (SSSR count). The second-order valence-corrected chi connectivity index (χ2v) is 5.01. The summed E-state index contributed by atoms with van der Waals surface area (Å²) in [5.41, 5.74) is 0.987. The summed E-state index contributed by atoms with van der Waals surface area (Å²) in [6, 6.07) is 9.17. The van der Waals surface area contributed by atoms with E-state index in [0.717, 1.165) is 0 Å². The number of nitrogens with zero attached hydrogens (tertiary/aromatic N) is 1. The molecule has 1 aliphatic heterocycles. The molecule has 0 bridgehead atoms. The Hall–Kier alpha value is -2.81. The SMILES string of the molecule is CCC1=C(C(=O)OC)C(c2cccc(OC)c2)C(C#N)C(=N)O1. The minimum atomic E-state index is -0.897. The number of allylic oxidation sites excluding steroid dienone is 1. The summed E-state index contributed by atoms with van der Waals surface area (Å²) in [4.78, 5) is 12.3. The lowest BCUT2D eigenvalue weighted by atomic mass is 9.78. The molecule has 0 saturated carbocycles. The highest BCUT2D eigenvalue weighted by atomic mass is 16.5. The van der Waals surface area contributed by atoms with Crippen molar-refractivity contribution in [3.05, 3.63) is 41.2 Å². The first-order valence-electron chi connectivity index (χ1n) is 7.18. The van der Waals surface area contributed by atoms with Crippen molar-refractivity contribution >= 4 is 11.9 Å². The van der Waals surface area contributed by atoms with Gasteiger partial charge < -0.3 is 14.2 Å². The van der Waals surface area contributed by atoms with Gasteiger partial charge in [0.1, 0.15) is 17.4 Å². The second-order valence-electron chi connectivity index (χ2n) is 5.01. The number of carbonyl (C=O) groups is 1. The van der Waals surface area contributed by atoms with Gasteiger partial charge in [-0.1, -0.05) is 19.1 Å². The number of hydrogen-bond donors (Lipinski definition) is 1. The molecule has 1 N–H and O–H groups in total. The van der Waals surface area contributed by atoms with Crippen LogP contribution in [0.3, 0.4) is 0 Å². The van der Waals surface area contributed by atoms with Crippen LogP contribution in [0.4, 0.5) is 0 Å². The van der Waals surface area contributed by atoms with Gasteiger partial charge in [-0.15, -0.1) is 0 Å². The predicted octanol–water partition coefficient (Wildman–Crippen LogP) is 2.76. The first-order valence-corrected chi connectivity index (χ1v) is 7.18. The Labute approximate surface area is 134 Å². The minimum absolute atomic E-state index is 0.162. The molecule has 1 aromatic rings. The molecular weight excluding hydrogens is 296 g/mol. The Bertz CT molecular complexity index is 703. The summed E-state index contributed by atoms with van der Waals surface area (Å²) in [6.45, 7) is 1.82. The van der Waals surface area contributed by atoms with E-state index >= 15 is 0 Å². The maximum atomic E-state index is 12.3. The van der Waals surface area contributed by atoms with Gasteiger partial charge in [0.25, 0.3) is 0 Å². The normalized spacial score (nSPS) is 20.5. The predicted molar refractivity (Wildman–Crippen MR) is 83.0 cm³/mol. The number of rotatable bonds is 4. The Morgan fingerprint density at radius 2 is 2.17 bits per heavy atom. The average molecular weight is 314 g/mol. The molecule has 0 saturated heterocycles. The van der Waals surface area contributed by atoms with Crippen LogP contribution in [0.25, 0.3) is 0 Å². The van der Waals surface area contributed by atoms with Crippen molar-refractivity contribution in [2.75, 3.05) is 14.2 Å². The van der Waals surface area contributed by atoms with Crippen molar-refractivity contribution < 1.29 is 19.0 Å². The molecular formula is C17H18N2O4. The van der Waals surface area contributed by atoms with Gasteiger partial charge in [-0.2, -0.15) is 5.26 Å². The molecule has 0 aliphatic carbocycles. The summed E-state index contributed by atoms with van der Waals surface area (Å²) in [5.74, 6) is -1.27. The fraction of sp³-hybridized carbons (Fsp3) is 0.353. The number of esters is 1. The van der Waals surface area contributed by atoms with Gasteiger partial charge in [0.05, 0.1) is 25.9 Å². The van der Waals surface area contributed by atoms with Gasteiger partial charge in [-0.25, -0.2) is 4.79 Å². The Balaban J connectivity index is 2.67. The maximum absolute atomic E-state index is 12.3. The number of nitriles is 1. The highest BCUT2D eigenvalue weighted by Gasteiger charge is 2.41. The second kappa shape index (κ2) is 6.97. The summed E-state index contributed by atoms with van der Waals surface area (Å²) in [5, 5.41) is 17.5. The lowest BCUT2D eigenvalue weighted by molar-refractivity contribution is -0.136. The molecule has 0 radical (unpaired) electrons. The molecule has 0 spiro atoms. The number of carbonyl (C=O) groups excluding carboxylic acids is 1. The van der Waals surface area contributed by atoms with Crippen LogP contribution in [-0.2, 0) is 14.3 Å². The van der Waals surface area contributed by atoms with Crippen molar-refractivity contribution in [1.82, 2.24) is 0 Å². The Kier molecular flexibility index (Phi) is 5.02. The monoisotopic (exact) mass is 314 g/mol. The van der Waals surface area contributed by atoms with E-state index in [1.165, 1.54) is 7.11 Å². The highest BCUT2D eigenvalue weighted by Crippen LogP contribution is 2.41. The van der Waals surface area contributed by atoms with E-state index in [4.69, 9.17) is 19.6 Å². The van der Waals surface area contributed by atoms with E-state index in [-0.39, 0.29) is 11.5 Å². The van der Waals surface area contributed by atoms with E-state index in [1.54, 1.807) is 31.4 Å². The maximum Gasteiger partial charge on any atom is 0.337 e. The van der Waals surface area contributed by atoms with Crippen molar-refractivity contribution in [3.8, 4) is 11.8 Å². The highest BCUT2D eigenvalue weighted by molar-refractivity contribution is 5.95. The van der Waals surface area contributed by atoms with Gasteiger partial charge in [-0.3, -0.25) is 5.41 Å². The fourth-order valence-corrected chi connectivity index (χ4v) is 2.68. The number of hydrogen-bond acceptors (Lipinski definition) is 6.